The van der Waals surface area contributed by atoms with Crippen molar-refractivity contribution < 1.29 is 9.72 Å². The summed E-state index contributed by atoms with van der Waals surface area (Å²) in [5, 5.41) is 21.9. The predicted octanol–water partition coefficient (Wildman–Crippen LogP) is 2.85. The van der Waals surface area contributed by atoms with Crippen molar-refractivity contribution in [2.75, 3.05) is 5.32 Å². The first kappa shape index (κ1) is 18.3. The fraction of sp³-hybridized carbons (Fsp3) is 0.278. The number of nitrogens with one attached hydrogen (secondary N) is 1. The summed E-state index contributed by atoms with van der Waals surface area (Å²) < 4.78 is 3.14. The minimum absolute atomic E-state index is 0.282. The number of nitrogens with zero attached hydrogens (tertiary/aromatic N) is 5. The molecule has 1 unspecified atom stereocenters. The van der Waals surface area contributed by atoms with Crippen LogP contribution in [0.1, 0.15) is 29.9 Å². The van der Waals surface area contributed by atoms with Gasteiger partial charge in [-0.2, -0.15) is 9.78 Å². The Bertz CT molecular complexity index is 976. The van der Waals surface area contributed by atoms with Gasteiger partial charge in [0.15, 0.2) is 5.82 Å². The van der Waals surface area contributed by atoms with Gasteiger partial charge < -0.3 is 15.4 Å². The molecule has 3 rings (SSSR count). The second-order valence-electron chi connectivity index (χ2n) is 6.33. The monoisotopic (exact) mass is 368 g/mol. The minimum atomic E-state index is -0.710. The Balaban J connectivity index is 1.72. The average molecular weight is 368 g/mol. The maximum absolute atomic E-state index is 12.5. The lowest BCUT2D eigenvalue weighted by Gasteiger charge is -2.09. The van der Waals surface area contributed by atoms with Gasteiger partial charge in [0, 0.05) is 11.8 Å². The van der Waals surface area contributed by atoms with E-state index in [1.807, 2.05) is 37.3 Å². The van der Waals surface area contributed by atoms with Crippen molar-refractivity contribution in [2.24, 2.45) is 0 Å². The van der Waals surface area contributed by atoms with E-state index in [2.05, 4.69) is 15.5 Å². The average Bonchev–Trinajstić information content (AvgIpc) is 3.18. The van der Waals surface area contributed by atoms with Crippen LogP contribution in [0.2, 0.25) is 0 Å². The Kier molecular flexibility index (Phi) is 5.02. The first-order valence-corrected chi connectivity index (χ1v) is 8.45. The maximum Gasteiger partial charge on any atom is 0.390 e. The third-order valence-corrected chi connectivity index (χ3v) is 4.25. The van der Waals surface area contributed by atoms with Crippen molar-refractivity contribution >= 4 is 17.5 Å². The van der Waals surface area contributed by atoms with Gasteiger partial charge in [-0.3, -0.25) is 9.48 Å². The van der Waals surface area contributed by atoms with Crippen LogP contribution < -0.4 is 5.32 Å². The van der Waals surface area contributed by atoms with Gasteiger partial charge in [-0.25, -0.2) is 0 Å². The number of benzene rings is 1. The largest absolute Gasteiger partial charge is 0.390 e. The number of hydrogen-bond acceptors (Lipinski definition) is 5. The summed E-state index contributed by atoms with van der Waals surface area (Å²) in [7, 11) is 0. The zero-order valence-electron chi connectivity index (χ0n) is 15.3. The molecule has 1 amide bonds. The third kappa shape index (κ3) is 4.02. The summed E-state index contributed by atoms with van der Waals surface area (Å²) in [6, 6.07) is 12.3. The van der Waals surface area contributed by atoms with Crippen LogP contribution in [0.25, 0.3) is 0 Å². The molecule has 0 saturated carbocycles. The van der Waals surface area contributed by atoms with E-state index in [1.54, 1.807) is 24.6 Å². The number of amides is 1. The standard InChI is InChI=1S/C18H20N6O3/c1-12-9-16(20-22(12)11-15-7-5-4-6-8-15)19-18(25)14(3)23-13(2)10-17(21-23)24(26)27/h4-10,14H,11H2,1-3H3,(H,19,20,25). The first-order valence-electron chi connectivity index (χ1n) is 8.45. The Hall–Kier alpha value is -3.49. The van der Waals surface area contributed by atoms with Crippen LogP contribution in [0.3, 0.4) is 0 Å². The van der Waals surface area contributed by atoms with E-state index in [4.69, 9.17) is 0 Å². The summed E-state index contributed by atoms with van der Waals surface area (Å²) in [6.07, 6.45) is 0. The number of carbonyl (C=O) groups excluding carboxylic acids is 1. The minimum Gasteiger partial charge on any atom is -0.358 e. The van der Waals surface area contributed by atoms with Gasteiger partial charge in [-0.05, 0) is 31.3 Å². The van der Waals surface area contributed by atoms with Crippen LogP contribution >= 0.6 is 0 Å². The lowest BCUT2D eigenvalue weighted by molar-refractivity contribution is -0.389. The second kappa shape index (κ2) is 7.40. The van der Waals surface area contributed by atoms with Crippen molar-refractivity contribution in [1.82, 2.24) is 19.6 Å². The lowest BCUT2D eigenvalue weighted by atomic mass is 10.2. The lowest BCUT2D eigenvalue weighted by Crippen LogP contribution is -2.25. The van der Waals surface area contributed by atoms with Gasteiger partial charge in [-0.15, -0.1) is 0 Å². The molecule has 140 valence electrons. The fourth-order valence-corrected chi connectivity index (χ4v) is 2.78. The number of carbonyl (C=O) groups is 1. The molecule has 3 aromatic rings. The molecule has 2 aromatic heterocycles. The molecule has 0 spiro atoms. The second-order valence-corrected chi connectivity index (χ2v) is 6.33. The fourth-order valence-electron chi connectivity index (χ4n) is 2.78. The maximum atomic E-state index is 12.5. The van der Waals surface area contributed by atoms with Gasteiger partial charge in [0.1, 0.15) is 6.04 Å². The van der Waals surface area contributed by atoms with E-state index in [9.17, 15) is 14.9 Å². The molecule has 0 fully saturated rings. The highest BCUT2D eigenvalue weighted by molar-refractivity contribution is 5.92. The van der Waals surface area contributed by atoms with Crippen LogP contribution in [0.15, 0.2) is 42.5 Å². The van der Waals surface area contributed by atoms with Gasteiger partial charge in [0.2, 0.25) is 0 Å². The Morgan fingerprint density at radius 3 is 2.52 bits per heavy atom. The molecular formula is C18H20N6O3. The molecule has 27 heavy (non-hydrogen) atoms. The molecule has 1 N–H and O–H groups in total. The zero-order valence-corrected chi connectivity index (χ0v) is 15.3. The van der Waals surface area contributed by atoms with Crippen molar-refractivity contribution in [3.05, 3.63) is 69.5 Å². The third-order valence-electron chi connectivity index (χ3n) is 4.25. The molecule has 1 aromatic carbocycles. The van der Waals surface area contributed by atoms with E-state index in [0.29, 0.717) is 18.1 Å². The summed E-state index contributed by atoms with van der Waals surface area (Å²) in [4.78, 5) is 22.8. The number of anilines is 1. The highest BCUT2D eigenvalue weighted by atomic mass is 16.6. The summed E-state index contributed by atoms with van der Waals surface area (Å²) >= 11 is 0. The number of hydrogen-bond donors (Lipinski definition) is 1. The molecule has 0 radical (unpaired) electrons. The Morgan fingerprint density at radius 2 is 1.89 bits per heavy atom. The molecule has 0 saturated heterocycles. The molecule has 0 bridgehead atoms. The van der Waals surface area contributed by atoms with Gasteiger partial charge in [0.25, 0.3) is 5.91 Å². The van der Waals surface area contributed by atoms with Crippen molar-refractivity contribution in [3.63, 3.8) is 0 Å². The van der Waals surface area contributed by atoms with Crippen LogP contribution in [-0.2, 0) is 11.3 Å². The summed E-state index contributed by atoms with van der Waals surface area (Å²) in [5.74, 6) is -0.199. The van der Waals surface area contributed by atoms with Gasteiger partial charge in [-0.1, -0.05) is 30.3 Å². The number of aryl methyl sites for hydroxylation is 2. The quantitative estimate of drug-likeness (QED) is 0.532. The molecular weight excluding hydrogens is 348 g/mol. The topological polar surface area (TPSA) is 108 Å². The summed E-state index contributed by atoms with van der Waals surface area (Å²) in [5.41, 5.74) is 2.55. The Morgan fingerprint density at radius 1 is 1.19 bits per heavy atom. The van der Waals surface area contributed by atoms with Crippen LogP contribution in [0.5, 0.6) is 0 Å². The molecule has 0 aliphatic carbocycles. The van der Waals surface area contributed by atoms with E-state index >= 15 is 0 Å². The van der Waals surface area contributed by atoms with E-state index in [0.717, 1.165) is 11.3 Å². The highest BCUT2D eigenvalue weighted by Crippen LogP contribution is 2.18. The predicted molar refractivity (Wildman–Crippen MR) is 99.5 cm³/mol. The molecule has 0 aliphatic rings. The number of aromatic nitrogens is 4. The smallest absolute Gasteiger partial charge is 0.358 e. The van der Waals surface area contributed by atoms with Crippen molar-refractivity contribution in [2.45, 2.75) is 33.4 Å². The highest BCUT2D eigenvalue weighted by Gasteiger charge is 2.25. The Labute approximate surface area is 155 Å². The molecule has 0 aliphatic heterocycles. The SMILES string of the molecule is Cc1cc(NC(=O)C(C)n2nc([N+](=O)[O-])cc2C)nn1Cc1ccccc1. The van der Waals surface area contributed by atoms with Crippen molar-refractivity contribution in [3.8, 4) is 0 Å². The van der Waals surface area contributed by atoms with Crippen LogP contribution in [0, 0.1) is 24.0 Å². The summed E-state index contributed by atoms with van der Waals surface area (Å²) in [6.45, 7) is 5.81. The van der Waals surface area contributed by atoms with E-state index in [-0.39, 0.29) is 11.7 Å². The number of nitro groups is 1. The van der Waals surface area contributed by atoms with Gasteiger partial charge >= 0.3 is 5.82 Å². The van der Waals surface area contributed by atoms with E-state index < -0.39 is 11.0 Å². The normalized spacial score (nSPS) is 12.0. The zero-order chi connectivity index (χ0) is 19.6. The van der Waals surface area contributed by atoms with Crippen LogP contribution in [-0.4, -0.2) is 30.4 Å². The molecule has 2 heterocycles. The number of rotatable bonds is 6. The van der Waals surface area contributed by atoms with E-state index in [1.165, 1.54) is 10.7 Å². The molecule has 1 atom stereocenters. The van der Waals surface area contributed by atoms with Gasteiger partial charge in [0.05, 0.1) is 23.4 Å². The van der Waals surface area contributed by atoms with Crippen molar-refractivity contribution in [1.29, 1.82) is 0 Å². The molecule has 9 nitrogen and oxygen atoms in total. The molecule has 9 heteroatoms. The first-order chi connectivity index (χ1) is 12.8. The van der Waals surface area contributed by atoms with Crippen LogP contribution in [0.4, 0.5) is 11.6 Å².